The molecule has 5 rings (SSSR count). The van der Waals surface area contributed by atoms with Gasteiger partial charge in [0.15, 0.2) is 0 Å². The van der Waals surface area contributed by atoms with Gasteiger partial charge < -0.3 is 9.32 Å². The highest BCUT2D eigenvalue weighted by Crippen LogP contribution is 2.34. The Morgan fingerprint density at radius 1 is 1.06 bits per heavy atom. The lowest BCUT2D eigenvalue weighted by Gasteiger charge is -2.19. The van der Waals surface area contributed by atoms with Crippen LogP contribution in [-0.4, -0.2) is 44.5 Å². The number of carbonyl (C=O) groups excluding carboxylic acids is 2. The quantitative estimate of drug-likeness (QED) is 0.600. The van der Waals surface area contributed by atoms with Crippen molar-refractivity contribution in [2.75, 3.05) is 13.1 Å². The average molecular weight is 453 g/mol. The molecule has 2 amide bonds. The maximum atomic E-state index is 13.5. The molecule has 164 valence electrons. The van der Waals surface area contributed by atoms with Gasteiger partial charge in [-0.05, 0) is 50.1 Å². The number of carbonyl (C=O) groups is 2. The number of imide groups is 1. The first kappa shape index (κ1) is 20.4. The number of aryl methyl sites for hydroxylation is 1. The second kappa shape index (κ2) is 7.87. The highest BCUT2D eigenvalue weighted by atomic mass is 35.5. The van der Waals surface area contributed by atoms with Gasteiger partial charge in [-0.2, -0.15) is 0 Å². The molecule has 1 fully saturated rings. The van der Waals surface area contributed by atoms with E-state index in [2.05, 4.69) is 5.10 Å². The molecule has 0 saturated carbocycles. The van der Waals surface area contributed by atoms with Gasteiger partial charge in [0.2, 0.25) is 0 Å². The van der Waals surface area contributed by atoms with Gasteiger partial charge in [-0.3, -0.25) is 24.4 Å². The van der Waals surface area contributed by atoms with Crippen molar-refractivity contribution in [3.8, 4) is 5.69 Å². The van der Waals surface area contributed by atoms with E-state index in [1.54, 1.807) is 43.3 Å². The van der Waals surface area contributed by atoms with Crippen LogP contribution in [0.15, 0.2) is 57.6 Å². The first-order chi connectivity index (χ1) is 15.5. The van der Waals surface area contributed by atoms with Gasteiger partial charge in [0.1, 0.15) is 11.5 Å². The normalized spacial score (nSPS) is 16.7. The third-order valence-electron chi connectivity index (χ3n) is 5.85. The molecule has 4 heterocycles. The number of nitrogens with zero attached hydrogens (tertiary/aromatic N) is 3. The topological polar surface area (TPSA) is 91.6 Å². The molecule has 0 spiro atoms. The number of amides is 2. The second-order valence-corrected chi connectivity index (χ2v) is 8.36. The Hall–Kier alpha value is -3.52. The number of aromatic amines is 1. The summed E-state index contributed by atoms with van der Waals surface area (Å²) in [6, 6.07) is 10.3. The summed E-state index contributed by atoms with van der Waals surface area (Å²) in [6.07, 6.45) is 3.35. The summed E-state index contributed by atoms with van der Waals surface area (Å²) < 4.78 is 6.70. The molecule has 0 radical (unpaired) electrons. The SMILES string of the molecule is Cc1[nH]n(-c2cccc(Cl)c2)c(=O)c1C1=C(N2CCCC2)C(=O)N(Cc2ccco2)C1=O. The smallest absolute Gasteiger partial charge is 0.279 e. The molecule has 8 nitrogen and oxygen atoms in total. The number of hydrogen-bond acceptors (Lipinski definition) is 5. The molecule has 2 aromatic heterocycles. The molecule has 3 aromatic rings. The molecule has 0 aliphatic carbocycles. The molecular formula is C23H21ClN4O4. The van der Waals surface area contributed by atoms with Crippen molar-refractivity contribution in [1.29, 1.82) is 0 Å². The fourth-order valence-corrected chi connectivity index (χ4v) is 4.55. The van der Waals surface area contributed by atoms with Crippen LogP contribution in [-0.2, 0) is 16.1 Å². The van der Waals surface area contributed by atoms with Crippen LogP contribution in [0.4, 0.5) is 0 Å². The predicted molar refractivity (Wildman–Crippen MR) is 118 cm³/mol. The Kier molecular flexibility index (Phi) is 5.01. The molecule has 0 atom stereocenters. The lowest BCUT2D eigenvalue weighted by atomic mass is 10.1. The van der Waals surface area contributed by atoms with Crippen molar-refractivity contribution in [2.24, 2.45) is 0 Å². The summed E-state index contributed by atoms with van der Waals surface area (Å²) in [6.45, 7) is 3.06. The first-order valence-electron chi connectivity index (χ1n) is 10.4. The van der Waals surface area contributed by atoms with Gasteiger partial charge in [0, 0.05) is 23.8 Å². The van der Waals surface area contributed by atoms with Crippen LogP contribution in [0.1, 0.15) is 29.9 Å². The molecule has 0 bridgehead atoms. The zero-order chi connectivity index (χ0) is 22.4. The number of aromatic nitrogens is 2. The van der Waals surface area contributed by atoms with Crippen LogP contribution < -0.4 is 5.56 Å². The number of H-pyrrole nitrogens is 1. The third kappa shape index (κ3) is 3.27. The van der Waals surface area contributed by atoms with E-state index in [9.17, 15) is 14.4 Å². The maximum Gasteiger partial charge on any atom is 0.279 e. The number of rotatable bonds is 5. The van der Waals surface area contributed by atoms with Crippen molar-refractivity contribution in [3.63, 3.8) is 0 Å². The van der Waals surface area contributed by atoms with Crippen LogP contribution in [0.5, 0.6) is 0 Å². The van der Waals surface area contributed by atoms with Crippen molar-refractivity contribution < 1.29 is 14.0 Å². The highest BCUT2D eigenvalue weighted by Gasteiger charge is 2.44. The molecule has 1 N–H and O–H groups in total. The molecule has 1 aromatic carbocycles. The Balaban J connectivity index is 1.65. The van der Waals surface area contributed by atoms with Crippen LogP contribution >= 0.6 is 11.6 Å². The number of halogens is 1. The van der Waals surface area contributed by atoms with E-state index < -0.39 is 17.4 Å². The monoisotopic (exact) mass is 452 g/mol. The highest BCUT2D eigenvalue weighted by molar-refractivity contribution is 6.35. The van der Waals surface area contributed by atoms with Crippen LogP contribution in [0.2, 0.25) is 5.02 Å². The predicted octanol–water partition coefficient (Wildman–Crippen LogP) is 3.10. The molecule has 32 heavy (non-hydrogen) atoms. The molecular weight excluding hydrogens is 432 g/mol. The Bertz CT molecular complexity index is 1300. The summed E-state index contributed by atoms with van der Waals surface area (Å²) in [4.78, 5) is 43.4. The number of hydrogen-bond donors (Lipinski definition) is 1. The van der Waals surface area contributed by atoms with Crippen LogP contribution in [0.25, 0.3) is 11.3 Å². The molecule has 9 heteroatoms. The number of benzene rings is 1. The fraction of sp³-hybridized carbons (Fsp3) is 0.261. The molecule has 0 unspecified atom stereocenters. The fourth-order valence-electron chi connectivity index (χ4n) is 4.36. The zero-order valence-electron chi connectivity index (χ0n) is 17.4. The summed E-state index contributed by atoms with van der Waals surface area (Å²) in [5.74, 6) is -0.404. The minimum absolute atomic E-state index is 0.0114. The number of furan rings is 1. The lowest BCUT2D eigenvalue weighted by molar-refractivity contribution is -0.138. The summed E-state index contributed by atoms with van der Waals surface area (Å²) in [7, 11) is 0. The standard InChI is InChI=1S/C23H21ClN4O4/c1-14-18(22(30)28(25-14)16-7-4-6-15(24)12-16)19-20(26-9-2-3-10-26)23(31)27(21(19)29)13-17-8-5-11-32-17/h4-8,11-12,25H,2-3,9-10,13H2,1H3. The van der Waals surface area contributed by atoms with Crippen molar-refractivity contribution >= 4 is 29.0 Å². The zero-order valence-corrected chi connectivity index (χ0v) is 18.2. The van der Waals surface area contributed by atoms with E-state index in [1.807, 2.05) is 4.90 Å². The lowest BCUT2D eigenvalue weighted by Crippen LogP contribution is -2.34. The minimum Gasteiger partial charge on any atom is -0.467 e. The van der Waals surface area contributed by atoms with Gasteiger partial charge >= 0.3 is 0 Å². The van der Waals surface area contributed by atoms with Crippen molar-refractivity contribution in [2.45, 2.75) is 26.3 Å². The van der Waals surface area contributed by atoms with Crippen LogP contribution in [0.3, 0.4) is 0 Å². The summed E-state index contributed by atoms with van der Waals surface area (Å²) in [5, 5.41) is 3.52. The van der Waals surface area contributed by atoms with Gasteiger partial charge in [-0.1, -0.05) is 17.7 Å². The van der Waals surface area contributed by atoms with Crippen molar-refractivity contribution in [3.05, 3.63) is 80.8 Å². The first-order valence-corrected chi connectivity index (χ1v) is 10.8. The van der Waals surface area contributed by atoms with Crippen molar-refractivity contribution in [1.82, 2.24) is 19.6 Å². The number of nitrogens with one attached hydrogen (secondary N) is 1. The van der Waals surface area contributed by atoms with E-state index in [1.165, 1.54) is 10.9 Å². The van der Waals surface area contributed by atoms with E-state index in [0.29, 0.717) is 35.3 Å². The molecule has 2 aliphatic heterocycles. The van der Waals surface area contributed by atoms with Gasteiger partial charge in [-0.15, -0.1) is 0 Å². The van der Waals surface area contributed by atoms with E-state index >= 15 is 0 Å². The largest absolute Gasteiger partial charge is 0.467 e. The maximum absolute atomic E-state index is 13.5. The molecule has 2 aliphatic rings. The van der Waals surface area contributed by atoms with Gasteiger partial charge in [0.25, 0.3) is 17.4 Å². The van der Waals surface area contributed by atoms with E-state index in [0.717, 1.165) is 17.7 Å². The third-order valence-corrected chi connectivity index (χ3v) is 6.08. The van der Waals surface area contributed by atoms with E-state index in [4.69, 9.17) is 16.0 Å². The van der Waals surface area contributed by atoms with E-state index in [-0.39, 0.29) is 23.4 Å². The molecule has 1 saturated heterocycles. The number of likely N-dealkylation sites (tertiary alicyclic amines) is 1. The van der Waals surface area contributed by atoms with Crippen LogP contribution in [0, 0.1) is 6.92 Å². The second-order valence-electron chi connectivity index (χ2n) is 7.93. The van der Waals surface area contributed by atoms with Gasteiger partial charge in [-0.25, -0.2) is 4.68 Å². The Labute approximate surface area is 188 Å². The Morgan fingerprint density at radius 3 is 2.53 bits per heavy atom. The average Bonchev–Trinajstić information content (AvgIpc) is 3.55. The summed E-state index contributed by atoms with van der Waals surface area (Å²) >= 11 is 6.10. The summed E-state index contributed by atoms with van der Waals surface area (Å²) in [5.41, 5.74) is 1.27. The Morgan fingerprint density at radius 2 is 1.84 bits per heavy atom. The minimum atomic E-state index is -0.495. The van der Waals surface area contributed by atoms with Gasteiger partial charge in [0.05, 0.1) is 29.6 Å².